The summed E-state index contributed by atoms with van der Waals surface area (Å²) in [6.45, 7) is 4.26. The van der Waals surface area contributed by atoms with Crippen LogP contribution in [0.1, 0.15) is 32.3 Å². The average molecular weight is 207 g/mol. The van der Waals surface area contributed by atoms with Crippen molar-refractivity contribution in [1.82, 2.24) is 0 Å². The Bertz CT molecular complexity index is 332. The molecule has 0 heterocycles. The minimum atomic E-state index is 0.259. The summed E-state index contributed by atoms with van der Waals surface area (Å²) in [6, 6.07) is 4.73. The summed E-state index contributed by atoms with van der Waals surface area (Å²) in [5, 5.41) is 12.5. The van der Waals surface area contributed by atoms with Crippen molar-refractivity contribution in [1.29, 1.82) is 0 Å². The van der Waals surface area contributed by atoms with Crippen LogP contribution in [-0.4, -0.2) is 5.11 Å². The van der Waals surface area contributed by atoms with Crippen molar-refractivity contribution < 1.29 is 5.11 Å². The molecule has 15 heavy (non-hydrogen) atoms. The van der Waals surface area contributed by atoms with Crippen LogP contribution in [0.15, 0.2) is 23.4 Å². The normalized spacial score (nSPS) is 10.6. The number of benzene rings is 1. The minimum Gasteiger partial charge on any atom is -0.508 e. The number of rotatable bonds is 5. The largest absolute Gasteiger partial charge is 0.508 e. The van der Waals surface area contributed by atoms with Crippen molar-refractivity contribution in [2.75, 3.05) is 0 Å². The Balaban J connectivity index is 2.87. The highest BCUT2D eigenvalue weighted by Crippen LogP contribution is 2.27. The van der Waals surface area contributed by atoms with E-state index in [0.29, 0.717) is 11.6 Å². The second kappa shape index (κ2) is 5.49. The lowest BCUT2D eigenvalue weighted by Gasteiger charge is -2.13. The molecular formula is C12H17NO2. The lowest BCUT2D eigenvalue weighted by Crippen LogP contribution is -2.01. The van der Waals surface area contributed by atoms with Crippen molar-refractivity contribution in [2.45, 2.75) is 33.1 Å². The minimum absolute atomic E-state index is 0.259. The van der Waals surface area contributed by atoms with Crippen LogP contribution in [0.25, 0.3) is 0 Å². The standard InChI is InChI=1S/C12H17NO2/c1-3-9(4-2)7-10-8-11(13-15)5-6-12(10)14/h5-6,8-9,14H,3-4,7H2,1-2H3. The molecule has 0 saturated heterocycles. The van der Waals surface area contributed by atoms with Gasteiger partial charge < -0.3 is 5.11 Å². The lowest BCUT2D eigenvalue weighted by atomic mass is 9.94. The van der Waals surface area contributed by atoms with Gasteiger partial charge in [-0.1, -0.05) is 26.7 Å². The van der Waals surface area contributed by atoms with Gasteiger partial charge in [-0.15, -0.1) is 4.91 Å². The zero-order valence-corrected chi connectivity index (χ0v) is 9.23. The number of phenolic OH excluding ortho intramolecular Hbond substituents is 1. The van der Waals surface area contributed by atoms with Crippen LogP contribution in [-0.2, 0) is 6.42 Å². The first-order valence-corrected chi connectivity index (χ1v) is 5.36. The van der Waals surface area contributed by atoms with E-state index in [0.717, 1.165) is 24.8 Å². The van der Waals surface area contributed by atoms with E-state index in [2.05, 4.69) is 19.0 Å². The van der Waals surface area contributed by atoms with Crippen molar-refractivity contribution in [3.8, 4) is 5.75 Å². The number of hydrogen-bond donors (Lipinski definition) is 1. The molecule has 0 spiro atoms. The average Bonchev–Trinajstić information content (AvgIpc) is 2.28. The van der Waals surface area contributed by atoms with E-state index in [4.69, 9.17) is 0 Å². The summed E-state index contributed by atoms with van der Waals surface area (Å²) in [7, 11) is 0. The first-order valence-electron chi connectivity index (χ1n) is 5.36. The Morgan fingerprint density at radius 3 is 2.53 bits per heavy atom. The molecule has 3 nitrogen and oxygen atoms in total. The quantitative estimate of drug-likeness (QED) is 0.747. The maximum atomic E-state index is 10.4. The molecule has 0 amide bonds. The summed E-state index contributed by atoms with van der Waals surface area (Å²) >= 11 is 0. The van der Waals surface area contributed by atoms with E-state index in [1.165, 1.54) is 12.1 Å². The topological polar surface area (TPSA) is 49.7 Å². The van der Waals surface area contributed by atoms with Gasteiger partial charge in [-0.05, 0) is 41.3 Å². The molecule has 0 unspecified atom stereocenters. The lowest BCUT2D eigenvalue weighted by molar-refractivity contribution is 0.444. The number of nitrogens with zero attached hydrogens (tertiary/aromatic N) is 1. The monoisotopic (exact) mass is 207 g/mol. The third-order valence-electron chi connectivity index (χ3n) is 2.83. The summed E-state index contributed by atoms with van der Waals surface area (Å²) in [6.07, 6.45) is 2.96. The highest BCUT2D eigenvalue weighted by atomic mass is 16.3. The van der Waals surface area contributed by atoms with Gasteiger partial charge in [0.05, 0.1) is 0 Å². The van der Waals surface area contributed by atoms with Gasteiger partial charge in [0, 0.05) is 0 Å². The van der Waals surface area contributed by atoms with Gasteiger partial charge >= 0.3 is 0 Å². The molecule has 1 rings (SSSR count). The zero-order chi connectivity index (χ0) is 11.3. The highest BCUT2D eigenvalue weighted by Gasteiger charge is 2.09. The van der Waals surface area contributed by atoms with Gasteiger partial charge in [-0.25, -0.2) is 0 Å². The second-order valence-corrected chi connectivity index (χ2v) is 3.79. The number of aromatic hydroxyl groups is 1. The molecule has 0 aliphatic heterocycles. The molecule has 1 N–H and O–H groups in total. The zero-order valence-electron chi connectivity index (χ0n) is 9.23. The summed E-state index contributed by atoms with van der Waals surface area (Å²) in [4.78, 5) is 10.4. The van der Waals surface area contributed by atoms with Gasteiger partial charge in [0.2, 0.25) is 0 Å². The van der Waals surface area contributed by atoms with Gasteiger partial charge in [0.15, 0.2) is 0 Å². The molecule has 1 aromatic rings. The molecule has 0 aromatic heterocycles. The summed E-state index contributed by atoms with van der Waals surface area (Å²) in [5.74, 6) is 0.812. The third-order valence-corrected chi connectivity index (χ3v) is 2.83. The van der Waals surface area contributed by atoms with Crippen molar-refractivity contribution >= 4 is 5.69 Å². The van der Waals surface area contributed by atoms with Gasteiger partial charge in [-0.2, -0.15) is 0 Å². The molecule has 0 atom stereocenters. The molecule has 0 radical (unpaired) electrons. The first kappa shape index (κ1) is 11.7. The number of phenols is 1. The van der Waals surface area contributed by atoms with E-state index in [1.54, 1.807) is 6.07 Å². The molecule has 0 aliphatic rings. The first-order chi connectivity index (χ1) is 7.21. The van der Waals surface area contributed by atoms with Gasteiger partial charge in [0.25, 0.3) is 0 Å². The Morgan fingerprint density at radius 1 is 1.33 bits per heavy atom. The van der Waals surface area contributed by atoms with E-state index < -0.39 is 0 Å². The predicted octanol–water partition coefficient (Wildman–Crippen LogP) is 3.77. The molecule has 0 bridgehead atoms. The smallest absolute Gasteiger partial charge is 0.118 e. The Hall–Kier alpha value is -1.38. The van der Waals surface area contributed by atoms with Crippen molar-refractivity contribution in [3.63, 3.8) is 0 Å². The van der Waals surface area contributed by atoms with E-state index in [9.17, 15) is 10.0 Å². The van der Waals surface area contributed by atoms with Crippen molar-refractivity contribution in [3.05, 3.63) is 28.7 Å². The van der Waals surface area contributed by atoms with Crippen LogP contribution < -0.4 is 0 Å². The highest BCUT2D eigenvalue weighted by molar-refractivity contribution is 5.46. The van der Waals surface area contributed by atoms with Crippen LogP contribution in [0.5, 0.6) is 5.75 Å². The maximum Gasteiger partial charge on any atom is 0.118 e. The molecule has 0 fully saturated rings. The number of nitroso groups, excluding NO2 is 1. The number of hydrogen-bond acceptors (Lipinski definition) is 3. The predicted molar refractivity (Wildman–Crippen MR) is 61.3 cm³/mol. The van der Waals surface area contributed by atoms with Gasteiger partial charge in [0.1, 0.15) is 11.4 Å². The van der Waals surface area contributed by atoms with E-state index >= 15 is 0 Å². The SMILES string of the molecule is CCC(CC)Cc1cc(N=O)ccc1O. The van der Waals surface area contributed by atoms with Crippen LogP contribution in [0.2, 0.25) is 0 Å². The van der Waals surface area contributed by atoms with E-state index in [-0.39, 0.29) is 5.75 Å². The fraction of sp³-hybridized carbons (Fsp3) is 0.500. The molecular weight excluding hydrogens is 190 g/mol. The van der Waals surface area contributed by atoms with Crippen LogP contribution in [0.3, 0.4) is 0 Å². The Morgan fingerprint density at radius 2 is 2.00 bits per heavy atom. The Labute approximate surface area is 90.1 Å². The van der Waals surface area contributed by atoms with Crippen molar-refractivity contribution in [2.24, 2.45) is 11.1 Å². The van der Waals surface area contributed by atoms with E-state index in [1.807, 2.05) is 0 Å². The molecule has 0 aliphatic carbocycles. The maximum absolute atomic E-state index is 10.4. The third kappa shape index (κ3) is 3.05. The fourth-order valence-corrected chi connectivity index (χ4v) is 1.68. The molecule has 3 heteroatoms. The Kier molecular flexibility index (Phi) is 4.28. The van der Waals surface area contributed by atoms with Crippen LogP contribution in [0.4, 0.5) is 5.69 Å². The molecule has 0 saturated carbocycles. The van der Waals surface area contributed by atoms with Gasteiger partial charge in [-0.3, -0.25) is 0 Å². The van der Waals surface area contributed by atoms with Crippen LogP contribution >= 0.6 is 0 Å². The summed E-state index contributed by atoms with van der Waals surface area (Å²) in [5.41, 5.74) is 1.20. The summed E-state index contributed by atoms with van der Waals surface area (Å²) < 4.78 is 0. The second-order valence-electron chi connectivity index (χ2n) is 3.79. The molecule has 1 aromatic carbocycles. The van der Waals surface area contributed by atoms with Crippen LogP contribution in [0, 0.1) is 10.8 Å². The fourth-order valence-electron chi connectivity index (χ4n) is 1.68. The molecule has 82 valence electrons.